The van der Waals surface area contributed by atoms with E-state index in [4.69, 9.17) is 28.9 Å². The van der Waals surface area contributed by atoms with E-state index in [-0.39, 0.29) is 0 Å². The van der Waals surface area contributed by atoms with Crippen LogP contribution in [0.3, 0.4) is 0 Å². The molecule has 0 unspecified atom stereocenters. The Labute approximate surface area is 132 Å². The average molecular weight is 318 g/mol. The number of anilines is 3. The minimum absolute atomic E-state index is 0.586. The fourth-order valence-corrected chi connectivity index (χ4v) is 2.78. The van der Waals surface area contributed by atoms with Crippen LogP contribution in [0.15, 0.2) is 42.6 Å². The molecule has 0 radical (unpaired) electrons. The number of nitrogens with two attached hydrogens (primary N) is 1. The maximum atomic E-state index is 6.03. The van der Waals surface area contributed by atoms with E-state index in [0.29, 0.717) is 15.7 Å². The van der Waals surface area contributed by atoms with Gasteiger partial charge in [-0.2, -0.15) is 0 Å². The molecule has 1 aromatic heterocycles. The quantitative estimate of drug-likeness (QED) is 0.640. The molecule has 106 valence electrons. The highest BCUT2D eigenvalue weighted by molar-refractivity contribution is 6.35. The molecule has 5 heteroatoms. The van der Waals surface area contributed by atoms with E-state index in [1.165, 1.54) is 0 Å². The summed E-state index contributed by atoms with van der Waals surface area (Å²) in [5, 5.41) is 6.43. The Bertz CT molecular complexity index is 811. The highest BCUT2D eigenvalue weighted by Crippen LogP contribution is 2.32. The van der Waals surface area contributed by atoms with Crippen molar-refractivity contribution in [1.82, 2.24) is 4.98 Å². The van der Waals surface area contributed by atoms with Crippen LogP contribution in [0, 0.1) is 6.92 Å². The Balaban J connectivity index is 2.12. The summed E-state index contributed by atoms with van der Waals surface area (Å²) in [4.78, 5) is 4.29. The van der Waals surface area contributed by atoms with Gasteiger partial charge in [0, 0.05) is 49.8 Å². The molecule has 1 heterocycles. The van der Waals surface area contributed by atoms with Gasteiger partial charge in [0.1, 0.15) is 0 Å². The Morgan fingerprint density at radius 3 is 2.43 bits per heavy atom. The van der Waals surface area contributed by atoms with Gasteiger partial charge in [-0.1, -0.05) is 23.2 Å². The van der Waals surface area contributed by atoms with Gasteiger partial charge in [0.25, 0.3) is 0 Å². The molecule has 3 nitrogen and oxygen atoms in total. The van der Waals surface area contributed by atoms with Crippen LogP contribution in [0.1, 0.15) is 5.69 Å². The Morgan fingerprint density at radius 1 is 1.00 bits per heavy atom. The van der Waals surface area contributed by atoms with Crippen molar-refractivity contribution < 1.29 is 0 Å². The van der Waals surface area contributed by atoms with Gasteiger partial charge >= 0.3 is 0 Å². The monoisotopic (exact) mass is 317 g/mol. The molecule has 2 aromatic carbocycles. The van der Waals surface area contributed by atoms with Crippen LogP contribution in [0.5, 0.6) is 0 Å². The molecule has 0 aliphatic heterocycles. The first-order valence-electron chi connectivity index (χ1n) is 6.41. The van der Waals surface area contributed by atoms with E-state index < -0.39 is 0 Å². The fourth-order valence-electron chi connectivity index (χ4n) is 2.26. The van der Waals surface area contributed by atoms with Crippen molar-refractivity contribution in [1.29, 1.82) is 0 Å². The first-order valence-corrected chi connectivity index (χ1v) is 7.16. The lowest BCUT2D eigenvalue weighted by atomic mass is 10.1. The highest BCUT2D eigenvalue weighted by Gasteiger charge is 2.06. The van der Waals surface area contributed by atoms with Crippen LogP contribution >= 0.6 is 23.2 Å². The second-order valence-corrected chi connectivity index (χ2v) is 5.73. The SMILES string of the molecule is Cc1cc2c(Nc3cc(Cl)cc(Cl)c3)ccc(N)c2cn1. The van der Waals surface area contributed by atoms with Gasteiger partial charge in [-0.05, 0) is 43.3 Å². The van der Waals surface area contributed by atoms with Gasteiger partial charge in [-0.3, -0.25) is 4.98 Å². The summed E-state index contributed by atoms with van der Waals surface area (Å²) in [6.45, 7) is 1.95. The second-order valence-electron chi connectivity index (χ2n) is 4.86. The van der Waals surface area contributed by atoms with Crippen molar-refractivity contribution >= 4 is 51.0 Å². The average Bonchev–Trinajstić information content (AvgIpc) is 2.41. The van der Waals surface area contributed by atoms with Gasteiger partial charge in [-0.25, -0.2) is 0 Å². The number of halogens is 2. The molecule has 3 N–H and O–H groups in total. The van der Waals surface area contributed by atoms with E-state index in [9.17, 15) is 0 Å². The smallest absolute Gasteiger partial charge is 0.0466 e. The molecule has 0 fully saturated rings. The summed E-state index contributed by atoms with van der Waals surface area (Å²) in [6.07, 6.45) is 1.79. The molecule has 0 aliphatic carbocycles. The number of hydrogen-bond acceptors (Lipinski definition) is 3. The van der Waals surface area contributed by atoms with Crippen molar-refractivity contribution in [2.24, 2.45) is 0 Å². The zero-order valence-corrected chi connectivity index (χ0v) is 12.8. The normalized spacial score (nSPS) is 10.8. The lowest BCUT2D eigenvalue weighted by Crippen LogP contribution is -1.95. The Morgan fingerprint density at radius 2 is 1.71 bits per heavy atom. The number of nitrogens with zero attached hydrogens (tertiary/aromatic N) is 1. The molecular weight excluding hydrogens is 305 g/mol. The molecule has 0 amide bonds. The maximum Gasteiger partial charge on any atom is 0.0466 e. The van der Waals surface area contributed by atoms with Crippen molar-refractivity contribution in [3.05, 3.63) is 58.3 Å². The molecule has 21 heavy (non-hydrogen) atoms. The molecule has 3 rings (SSSR count). The topological polar surface area (TPSA) is 50.9 Å². The number of nitrogen functional groups attached to an aromatic ring is 1. The minimum atomic E-state index is 0.586. The maximum absolute atomic E-state index is 6.03. The van der Waals surface area contributed by atoms with E-state index in [1.54, 1.807) is 12.3 Å². The summed E-state index contributed by atoms with van der Waals surface area (Å²) in [6, 6.07) is 11.1. The standard InChI is InChI=1S/C16H13Cl2N3/c1-9-4-13-14(8-20-9)15(19)2-3-16(13)21-12-6-10(17)5-11(18)7-12/h2-8,21H,19H2,1H3. The third kappa shape index (κ3) is 2.89. The lowest BCUT2D eigenvalue weighted by Gasteiger charge is -2.12. The van der Waals surface area contributed by atoms with E-state index in [0.717, 1.165) is 27.8 Å². The molecule has 3 aromatic rings. The van der Waals surface area contributed by atoms with Crippen LogP contribution in [-0.2, 0) is 0 Å². The number of fused-ring (bicyclic) bond motifs is 1. The zero-order valence-electron chi connectivity index (χ0n) is 11.3. The third-order valence-corrected chi connectivity index (χ3v) is 3.65. The fraction of sp³-hybridized carbons (Fsp3) is 0.0625. The Hall–Kier alpha value is -1.97. The molecule has 0 aliphatic rings. The van der Waals surface area contributed by atoms with Gasteiger partial charge in [0.15, 0.2) is 0 Å². The summed E-state index contributed by atoms with van der Waals surface area (Å²) < 4.78 is 0. The molecule has 0 bridgehead atoms. The third-order valence-electron chi connectivity index (χ3n) is 3.21. The first-order chi connectivity index (χ1) is 10.0. The van der Waals surface area contributed by atoms with Gasteiger partial charge < -0.3 is 11.1 Å². The van der Waals surface area contributed by atoms with E-state index >= 15 is 0 Å². The first kappa shape index (κ1) is 14.0. The van der Waals surface area contributed by atoms with E-state index in [1.807, 2.05) is 37.3 Å². The van der Waals surface area contributed by atoms with Crippen molar-refractivity contribution in [2.75, 3.05) is 11.1 Å². The number of rotatable bonds is 2. The Kier molecular flexibility index (Phi) is 3.62. The van der Waals surface area contributed by atoms with Gasteiger partial charge in [0.2, 0.25) is 0 Å². The molecular formula is C16H13Cl2N3. The van der Waals surface area contributed by atoms with Crippen LogP contribution in [0.2, 0.25) is 10.0 Å². The number of benzene rings is 2. The van der Waals surface area contributed by atoms with Crippen LogP contribution in [-0.4, -0.2) is 4.98 Å². The summed E-state index contributed by atoms with van der Waals surface area (Å²) in [7, 11) is 0. The largest absolute Gasteiger partial charge is 0.398 e. The predicted molar refractivity (Wildman–Crippen MR) is 90.6 cm³/mol. The van der Waals surface area contributed by atoms with Crippen molar-refractivity contribution in [2.45, 2.75) is 6.92 Å². The lowest BCUT2D eigenvalue weighted by molar-refractivity contribution is 1.22. The number of aryl methyl sites for hydroxylation is 1. The summed E-state index contributed by atoms with van der Waals surface area (Å²) in [5.41, 5.74) is 9.40. The van der Waals surface area contributed by atoms with Gasteiger partial charge in [0.05, 0.1) is 0 Å². The number of nitrogens with one attached hydrogen (secondary N) is 1. The summed E-state index contributed by atoms with van der Waals surface area (Å²) in [5.74, 6) is 0. The molecule has 0 spiro atoms. The van der Waals surface area contributed by atoms with Gasteiger partial charge in [-0.15, -0.1) is 0 Å². The number of pyridine rings is 1. The summed E-state index contributed by atoms with van der Waals surface area (Å²) >= 11 is 12.1. The number of aromatic nitrogens is 1. The molecule has 0 saturated heterocycles. The predicted octanol–water partition coefficient (Wildman–Crippen LogP) is 5.18. The van der Waals surface area contributed by atoms with Crippen molar-refractivity contribution in [3.63, 3.8) is 0 Å². The van der Waals surface area contributed by atoms with E-state index in [2.05, 4.69) is 10.3 Å². The number of hydrogen-bond donors (Lipinski definition) is 2. The second kappa shape index (κ2) is 5.43. The molecule has 0 atom stereocenters. The van der Waals surface area contributed by atoms with Crippen molar-refractivity contribution in [3.8, 4) is 0 Å². The van der Waals surface area contributed by atoms with Crippen LogP contribution < -0.4 is 11.1 Å². The molecule has 0 saturated carbocycles. The van der Waals surface area contributed by atoms with Crippen LogP contribution in [0.4, 0.5) is 17.1 Å². The highest BCUT2D eigenvalue weighted by atomic mass is 35.5. The van der Waals surface area contributed by atoms with Crippen LogP contribution in [0.25, 0.3) is 10.8 Å². The zero-order chi connectivity index (χ0) is 15.0. The minimum Gasteiger partial charge on any atom is -0.398 e.